The monoisotopic (exact) mass is 374 g/mol. The maximum absolute atomic E-state index is 12.4. The van der Waals surface area contributed by atoms with Crippen molar-refractivity contribution in [3.63, 3.8) is 0 Å². The molecule has 0 aromatic heterocycles. The maximum atomic E-state index is 12.4. The first-order valence-corrected chi connectivity index (χ1v) is 9.37. The van der Waals surface area contributed by atoms with E-state index in [9.17, 15) is 4.79 Å². The van der Waals surface area contributed by atoms with E-state index in [1.165, 1.54) is 7.11 Å². The molecule has 2 fully saturated rings. The van der Waals surface area contributed by atoms with E-state index in [1.807, 2.05) is 24.3 Å². The van der Waals surface area contributed by atoms with Crippen LogP contribution in [0, 0.1) is 11.8 Å². The lowest BCUT2D eigenvalue weighted by atomic mass is 9.81. The number of fused-ring (bicyclic) bond motifs is 1. The second-order valence-electron chi connectivity index (χ2n) is 7.36. The van der Waals surface area contributed by atoms with Crippen LogP contribution in [-0.2, 0) is 30.3 Å². The molecular formula is C21H26O6. The molecule has 1 aromatic rings. The Morgan fingerprint density at radius 3 is 2.67 bits per heavy atom. The summed E-state index contributed by atoms with van der Waals surface area (Å²) in [6.45, 7) is 0.453. The number of benzene rings is 1. The Bertz CT molecular complexity index is 727. The van der Waals surface area contributed by atoms with Crippen molar-refractivity contribution >= 4 is 5.97 Å². The maximum Gasteiger partial charge on any atom is 0.313 e. The van der Waals surface area contributed by atoms with E-state index >= 15 is 0 Å². The van der Waals surface area contributed by atoms with Gasteiger partial charge in [0.05, 0.1) is 32.8 Å². The molecule has 6 heteroatoms. The van der Waals surface area contributed by atoms with Crippen LogP contribution in [0.2, 0.25) is 0 Å². The normalized spacial score (nSPS) is 34.1. The molecule has 4 rings (SSSR count). The lowest BCUT2D eigenvalue weighted by Crippen LogP contribution is -2.48. The van der Waals surface area contributed by atoms with Crippen LogP contribution in [0.25, 0.3) is 0 Å². The standard InChI is InChI=1S/C21H26O6/c1-23-14-9-7-13(8-10-14)12-26-19-16-6-4-5-15-17(20(22)24-2)11-21(19,25-3)27-18(15)16/h5,7-10,16-19H,4,6,11-12H2,1-3H3/t16-,17+,18+,19-,21+/m1/s1. The Morgan fingerprint density at radius 2 is 2.00 bits per heavy atom. The molecule has 0 radical (unpaired) electrons. The number of methoxy groups -OCH3 is 3. The number of esters is 1. The molecule has 6 nitrogen and oxygen atoms in total. The van der Waals surface area contributed by atoms with E-state index in [2.05, 4.69) is 6.08 Å². The van der Waals surface area contributed by atoms with Crippen molar-refractivity contribution in [1.82, 2.24) is 0 Å². The highest BCUT2D eigenvalue weighted by Gasteiger charge is 2.63. The number of carbonyl (C=O) groups excluding carboxylic acids is 1. The molecule has 0 saturated carbocycles. The average molecular weight is 374 g/mol. The number of allylic oxidation sites excluding steroid dienone is 1. The smallest absolute Gasteiger partial charge is 0.313 e. The van der Waals surface area contributed by atoms with E-state index in [0.717, 1.165) is 29.7 Å². The van der Waals surface area contributed by atoms with Crippen LogP contribution in [0.5, 0.6) is 5.75 Å². The lowest BCUT2D eigenvalue weighted by Gasteiger charge is -2.39. The molecule has 2 heterocycles. The summed E-state index contributed by atoms with van der Waals surface area (Å²) in [7, 11) is 4.71. The minimum absolute atomic E-state index is 0.141. The van der Waals surface area contributed by atoms with Crippen molar-refractivity contribution in [2.75, 3.05) is 21.3 Å². The van der Waals surface area contributed by atoms with Crippen LogP contribution in [0.4, 0.5) is 0 Å². The summed E-state index contributed by atoms with van der Waals surface area (Å²) in [5, 5.41) is 0. The third-order valence-corrected chi connectivity index (χ3v) is 6.06. The number of carbonyl (C=O) groups is 1. The number of ether oxygens (including phenoxy) is 5. The van der Waals surface area contributed by atoms with Crippen molar-refractivity contribution in [2.24, 2.45) is 11.8 Å². The number of hydrogen-bond donors (Lipinski definition) is 0. The topological polar surface area (TPSA) is 63.2 Å². The van der Waals surface area contributed by atoms with Crippen LogP contribution in [0.15, 0.2) is 35.9 Å². The second-order valence-corrected chi connectivity index (χ2v) is 7.36. The Morgan fingerprint density at radius 1 is 1.22 bits per heavy atom. The summed E-state index contributed by atoms with van der Waals surface area (Å²) in [5.74, 6) is -0.478. The molecule has 2 bridgehead atoms. The van der Waals surface area contributed by atoms with Crippen molar-refractivity contribution in [2.45, 2.75) is 43.9 Å². The molecule has 146 valence electrons. The Labute approximate surface area is 159 Å². The summed E-state index contributed by atoms with van der Waals surface area (Å²) < 4.78 is 28.7. The summed E-state index contributed by atoms with van der Waals surface area (Å²) in [4.78, 5) is 12.4. The van der Waals surface area contributed by atoms with E-state index in [1.54, 1.807) is 14.2 Å². The van der Waals surface area contributed by atoms with Gasteiger partial charge in [0.25, 0.3) is 0 Å². The van der Waals surface area contributed by atoms with Gasteiger partial charge in [0.15, 0.2) is 5.79 Å². The largest absolute Gasteiger partial charge is 0.497 e. The van der Waals surface area contributed by atoms with Crippen LogP contribution in [0.1, 0.15) is 24.8 Å². The minimum Gasteiger partial charge on any atom is -0.497 e. The molecule has 0 N–H and O–H groups in total. The zero-order valence-corrected chi connectivity index (χ0v) is 16.0. The SMILES string of the molecule is COC(=O)[C@H]1C[C@]2(OC)O[C@H]3C1=CCC[C@H]3[C@H]2OCc1ccc(OC)cc1. The zero-order chi connectivity index (χ0) is 19.0. The third kappa shape index (κ3) is 3.06. The average Bonchev–Trinajstić information content (AvgIpc) is 3.02. The molecule has 1 aromatic carbocycles. The Kier molecular flexibility index (Phi) is 4.97. The van der Waals surface area contributed by atoms with Gasteiger partial charge in [-0.3, -0.25) is 4.79 Å². The molecule has 5 atom stereocenters. The van der Waals surface area contributed by atoms with Crippen molar-refractivity contribution < 1.29 is 28.5 Å². The van der Waals surface area contributed by atoms with Crippen LogP contribution < -0.4 is 4.74 Å². The van der Waals surface area contributed by atoms with Crippen LogP contribution in [0.3, 0.4) is 0 Å². The second kappa shape index (κ2) is 7.26. The molecule has 0 spiro atoms. The van der Waals surface area contributed by atoms with Gasteiger partial charge in [-0.2, -0.15) is 0 Å². The van der Waals surface area contributed by atoms with Crippen LogP contribution in [-0.4, -0.2) is 45.3 Å². The van der Waals surface area contributed by atoms with Crippen molar-refractivity contribution in [1.29, 1.82) is 0 Å². The molecule has 2 saturated heterocycles. The van der Waals surface area contributed by atoms with Crippen molar-refractivity contribution in [3.05, 3.63) is 41.5 Å². The highest BCUT2D eigenvalue weighted by atomic mass is 16.7. The molecular weight excluding hydrogens is 348 g/mol. The van der Waals surface area contributed by atoms with E-state index in [-0.39, 0.29) is 30.0 Å². The van der Waals surface area contributed by atoms with E-state index in [0.29, 0.717) is 13.0 Å². The highest BCUT2D eigenvalue weighted by molar-refractivity contribution is 5.76. The predicted octanol–water partition coefficient (Wildman–Crippen LogP) is 2.85. The van der Waals surface area contributed by atoms with Gasteiger partial charge in [-0.05, 0) is 36.1 Å². The van der Waals surface area contributed by atoms with Gasteiger partial charge in [-0.15, -0.1) is 0 Å². The fourth-order valence-corrected chi connectivity index (χ4v) is 4.71. The van der Waals surface area contributed by atoms with Gasteiger partial charge in [-0.1, -0.05) is 18.2 Å². The molecule has 2 aliphatic heterocycles. The van der Waals surface area contributed by atoms with Gasteiger partial charge in [0.2, 0.25) is 0 Å². The lowest BCUT2D eigenvalue weighted by molar-refractivity contribution is -0.269. The summed E-state index contributed by atoms with van der Waals surface area (Å²) in [5.41, 5.74) is 2.08. The van der Waals surface area contributed by atoms with E-state index in [4.69, 9.17) is 23.7 Å². The van der Waals surface area contributed by atoms with E-state index < -0.39 is 5.79 Å². The quantitative estimate of drug-likeness (QED) is 0.564. The van der Waals surface area contributed by atoms with Crippen LogP contribution >= 0.6 is 0 Å². The van der Waals surface area contributed by atoms with Gasteiger partial charge >= 0.3 is 5.97 Å². The fraction of sp³-hybridized carbons (Fsp3) is 0.571. The fourth-order valence-electron chi connectivity index (χ4n) is 4.71. The predicted molar refractivity (Wildman–Crippen MR) is 97.1 cm³/mol. The first-order chi connectivity index (χ1) is 13.1. The first-order valence-electron chi connectivity index (χ1n) is 9.37. The zero-order valence-electron chi connectivity index (χ0n) is 16.0. The van der Waals surface area contributed by atoms with Crippen molar-refractivity contribution in [3.8, 4) is 5.75 Å². The molecule has 0 amide bonds. The summed E-state index contributed by atoms with van der Waals surface area (Å²) in [6.07, 6.45) is 4.05. The van der Waals surface area contributed by atoms with Gasteiger partial charge in [-0.25, -0.2) is 0 Å². The third-order valence-electron chi connectivity index (χ3n) is 6.06. The van der Waals surface area contributed by atoms with Gasteiger partial charge in [0, 0.05) is 19.4 Å². The summed E-state index contributed by atoms with van der Waals surface area (Å²) in [6, 6.07) is 7.82. The van der Waals surface area contributed by atoms with Gasteiger partial charge in [0.1, 0.15) is 11.9 Å². The van der Waals surface area contributed by atoms with Gasteiger partial charge < -0.3 is 23.7 Å². The Balaban J connectivity index is 1.57. The Hall–Kier alpha value is -1.89. The molecule has 3 aliphatic rings. The summed E-state index contributed by atoms with van der Waals surface area (Å²) >= 11 is 0. The number of rotatable bonds is 6. The molecule has 0 unspecified atom stereocenters. The highest BCUT2D eigenvalue weighted by Crippen LogP contribution is 2.54. The minimum atomic E-state index is -0.914. The number of hydrogen-bond acceptors (Lipinski definition) is 6. The first kappa shape index (κ1) is 18.5. The molecule has 1 aliphatic carbocycles. The molecule has 27 heavy (non-hydrogen) atoms.